The number of benzene rings is 1. The second kappa shape index (κ2) is 7.09. The van der Waals surface area contributed by atoms with Gasteiger partial charge in [0.25, 0.3) is 0 Å². The fourth-order valence-electron chi connectivity index (χ4n) is 2.73. The Balaban J connectivity index is 1.83. The lowest BCUT2D eigenvalue weighted by atomic mass is 10.1. The van der Waals surface area contributed by atoms with Gasteiger partial charge in [-0.25, -0.2) is 0 Å². The predicted octanol–water partition coefficient (Wildman–Crippen LogP) is 1.91. The Kier molecular flexibility index (Phi) is 4.92. The van der Waals surface area contributed by atoms with E-state index in [2.05, 4.69) is 15.2 Å². The molecule has 1 fully saturated rings. The highest BCUT2D eigenvalue weighted by Gasteiger charge is 2.15. The number of ether oxygens (including phenoxy) is 1. The summed E-state index contributed by atoms with van der Waals surface area (Å²) < 4.78 is 5.19. The van der Waals surface area contributed by atoms with Crippen LogP contribution in [0.25, 0.3) is 11.3 Å². The SMILES string of the molecule is COc1ccc(-c2[nH]c(=O)sc2CN2CCCNCC2)cc1. The molecule has 1 aromatic carbocycles. The Bertz CT molecular complexity index is 655. The normalized spacial score (nSPS) is 16.4. The molecule has 2 N–H and O–H groups in total. The molecule has 118 valence electrons. The van der Waals surface area contributed by atoms with Crippen LogP contribution in [0.4, 0.5) is 0 Å². The highest BCUT2D eigenvalue weighted by Crippen LogP contribution is 2.26. The van der Waals surface area contributed by atoms with Crippen molar-refractivity contribution in [3.05, 3.63) is 38.8 Å². The van der Waals surface area contributed by atoms with E-state index >= 15 is 0 Å². The third-order valence-corrected chi connectivity index (χ3v) is 4.77. The van der Waals surface area contributed by atoms with Crippen LogP contribution in [0, 0.1) is 0 Å². The molecule has 5 nitrogen and oxygen atoms in total. The summed E-state index contributed by atoms with van der Waals surface area (Å²) in [5.74, 6) is 0.821. The second-order valence-corrected chi connectivity index (χ2v) is 6.49. The van der Waals surface area contributed by atoms with E-state index in [1.54, 1.807) is 7.11 Å². The fourth-order valence-corrected chi connectivity index (χ4v) is 3.62. The van der Waals surface area contributed by atoms with Crippen LogP contribution in [-0.2, 0) is 6.54 Å². The first-order valence-electron chi connectivity index (χ1n) is 7.56. The van der Waals surface area contributed by atoms with Gasteiger partial charge in [-0.1, -0.05) is 11.3 Å². The maximum absolute atomic E-state index is 11.8. The number of nitrogens with one attached hydrogen (secondary N) is 2. The maximum atomic E-state index is 11.8. The first kappa shape index (κ1) is 15.3. The topological polar surface area (TPSA) is 57.4 Å². The van der Waals surface area contributed by atoms with Crippen LogP contribution in [0.1, 0.15) is 11.3 Å². The standard InChI is InChI=1S/C16H21N3O2S/c1-21-13-5-3-12(4-6-13)15-14(22-16(20)18-15)11-19-9-2-7-17-8-10-19/h3-6,17H,2,7-11H2,1H3,(H,18,20). The zero-order valence-corrected chi connectivity index (χ0v) is 13.5. The summed E-state index contributed by atoms with van der Waals surface area (Å²) in [7, 11) is 1.65. The van der Waals surface area contributed by atoms with E-state index in [4.69, 9.17) is 4.74 Å². The molecule has 1 saturated heterocycles. The quantitative estimate of drug-likeness (QED) is 0.904. The first-order chi connectivity index (χ1) is 10.8. The third-order valence-electron chi connectivity index (χ3n) is 3.90. The van der Waals surface area contributed by atoms with E-state index < -0.39 is 0 Å². The zero-order chi connectivity index (χ0) is 15.4. The van der Waals surface area contributed by atoms with Crippen LogP contribution in [0.5, 0.6) is 5.75 Å². The highest BCUT2D eigenvalue weighted by atomic mass is 32.1. The molecule has 0 amide bonds. The van der Waals surface area contributed by atoms with Crippen molar-refractivity contribution in [3.8, 4) is 17.0 Å². The minimum atomic E-state index is 0.00812. The van der Waals surface area contributed by atoms with E-state index in [1.807, 2.05) is 24.3 Å². The van der Waals surface area contributed by atoms with Crippen molar-refractivity contribution in [2.24, 2.45) is 0 Å². The van der Waals surface area contributed by atoms with Crippen LogP contribution in [0.2, 0.25) is 0 Å². The molecule has 0 radical (unpaired) electrons. The molecular formula is C16H21N3O2S. The van der Waals surface area contributed by atoms with Crippen LogP contribution in [0.3, 0.4) is 0 Å². The molecule has 0 aliphatic carbocycles. The first-order valence-corrected chi connectivity index (χ1v) is 8.37. The molecule has 0 saturated carbocycles. The average Bonchev–Trinajstić information content (AvgIpc) is 2.74. The molecule has 1 aliphatic rings. The summed E-state index contributed by atoms with van der Waals surface area (Å²) in [5, 5.41) is 3.41. The lowest BCUT2D eigenvalue weighted by Gasteiger charge is -2.19. The van der Waals surface area contributed by atoms with Gasteiger partial charge in [-0.3, -0.25) is 9.69 Å². The molecule has 2 heterocycles. The Hall–Kier alpha value is -1.63. The van der Waals surface area contributed by atoms with Crippen molar-refractivity contribution in [1.82, 2.24) is 15.2 Å². The number of aromatic amines is 1. The highest BCUT2D eigenvalue weighted by molar-refractivity contribution is 7.09. The Morgan fingerprint density at radius 3 is 2.82 bits per heavy atom. The molecule has 0 spiro atoms. The number of thiazole rings is 1. The van der Waals surface area contributed by atoms with E-state index in [1.165, 1.54) is 11.3 Å². The van der Waals surface area contributed by atoms with Gasteiger partial charge in [-0.15, -0.1) is 0 Å². The Morgan fingerprint density at radius 1 is 1.23 bits per heavy atom. The molecular weight excluding hydrogens is 298 g/mol. The fraction of sp³-hybridized carbons (Fsp3) is 0.438. The van der Waals surface area contributed by atoms with Crippen molar-refractivity contribution >= 4 is 11.3 Å². The van der Waals surface area contributed by atoms with Gasteiger partial charge >= 0.3 is 4.87 Å². The minimum absolute atomic E-state index is 0.00812. The number of H-pyrrole nitrogens is 1. The number of methoxy groups -OCH3 is 1. The molecule has 1 aromatic heterocycles. The van der Waals surface area contributed by atoms with Crippen molar-refractivity contribution in [1.29, 1.82) is 0 Å². The van der Waals surface area contributed by atoms with Gasteiger partial charge in [-0.2, -0.15) is 0 Å². The van der Waals surface area contributed by atoms with Crippen molar-refractivity contribution < 1.29 is 4.74 Å². The molecule has 0 atom stereocenters. The summed E-state index contributed by atoms with van der Waals surface area (Å²) in [6, 6.07) is 7.82. The van der Waals surface area contributed by atoms with Crippen molar-refractivity contribution in [2.75, 3.05) is 33.3 Å². The van der Waals surface area contributed by atoms with Crippen molar-refractivity contribution in [2.45, 2.75) is 13.0 Å². The monoisotopic (exact) mass is 319 g/mol. The summed E-state index contributed by atoms with van der Waals surface area (Å²) in [6.07, 6.45) is 1.15. The molecule has 0 bridgehead atoms. The van der Waals surface area contributed by atoms with E-state index in [9.17, 15) is 4.79 Å². The van der Waals surface area contributed by atoms with E-state index in [0.717, 1.165) is 61.0 Å². The summed E-state index contributed by atoms with van der Waals surface area (Å²) in [6.45, 7) is 5.00. The lowest BCUT2D eigenvalue weighted by molar-refractivity contribution is 0.287. The molecule has 22 heavy (non-hydrogen) atoms. The minimum Gasteiger partial charge on any atom is -0.497 e. The average molecular weight is 319 g/mol. The van der Waals surface area contributed by atoms with Crippen LogP contribution in [-0.4, -0.2) is 43.2 Å². The van der Waals surface area contributed by atoms with Gasteiger partial charge in [0.2, 0.25) is 0 Å². The number of hydrogen-bond acceptors (Lipinski definition) is 5. The maximum Gasteiger partial charge on any atom is 0.305 e. The summed E-state index contributed by atoms with van der Waals surface area (Å²) in [4.78, 5) is 18.3. The van der Waals surface area contributed by atoms with E-state index in [0.29, 0.717) is 0 Å². The molecule has 2 aromatic rings. The van der Waals surface area contributed by atoms with Gasteiger partial charge in [0.05, 0.1) is 12.8 Å². The third kappa shape index (κ3) is 3.58. The van der Waals surface area contributed by atoms with Gasteiger partial charge < -0.3 is 15.0 Å². The predicted molar refractivity (Wildman–Crippen MR) is 89.7 cm³/mol. The molecule has 0 unspecified atom stereocenters. The number of nitrogens with zero attached hydrogens (tertiary/aromatic N) is 1. The Labute approximate surface area is 133 Å². The molecule has 6 heteroatoms. The van der Waals surface area contributed by atoms with Crippen LogP contribution >= 0.6 is 11.3 Å². The zero-order valence-electron chi connectivity index (χ0n) is 12.7. The smallest absolute Gasteiger partial charge is 0.305 e. The van der Waals surface area contributed by atoms with E-state index in [-0.39, 0.29) is 4.87 Å². The molecule has 3 rings (SSSR count). The molecule has 1 aliphatic heterocycles. The number of rotatable bonds is 4. The number of aromatic nitrogens is 1. The second-order valence-electron chi connectivity index (χ2n) is 5.42. The van der Waals surface area contributed by atoms with Gasteiger partial charge in [0.15, 0.2) is 0 Å². The van der Waals surface area contributed by atoms with Gasteiger partial charge in [0.1, 0.15) is 5.75 Å². The van der Waals surface area contributed by atoms with Gasteiger partial charge in [0, 0.05) is 24.5 Å². The van der Waals surface area contributed by atoms with Crippen LogP contribution < -0.4 is 14.9 Å². The largest absolute Gasteiger partial charge is 0.497 e. The van der Waals surface area contributed by atoms with Crippen molar-refractivity contribution in [3.63, 3.8) is 0 Å². The number of hydrogen-bond donors (Lipinski definition) is 2. The van der Waals surface area contributed by atoms with Gasteiger partial charge in [-0.05, 0) is 49.3 Å². The Morgan fingerprint density at radius 2 is 2.05 bits per heavy atom. The summed E-state index contributed by atoms with van der Waals surface area (Å²) in [5.41, 5.74) is 1.97. The van der Waals surface area contributed by atoms with Crippen LogP contribution in [0.15, 0.2) is 29.1 Å². The summed E-state index contributed by atoms with van der Waals surface area (Å²) >= 11 is 1.32. The lowest BCUT2D eigenvalue weighted by Crippen LogP contribution is -2.27.